The Balaban J connectivity index is 1.77. The van der Waals surface area contributed by atoms with Crippen LogP contribution >= 0.6 is 11.8 Å². The van der Waals surface area contributed by atoms with Gasteiger partial charge < -0.3 is 4.98 Å². The second kappa shape index (κ2) is 7.27. The van der Waals surface area contributed by atoms with Gasteiger partial charge in [0.25, 0.3) is 5.56 Å². The Morgan fingerprint density at radius 1 is 1.21 bits per heavy atom. The van der Waals surface area contributed by atoms with Gasteiger partial charge in [0.1, 0.15) is 0 Å². The number of hydrogen-bond acceptors (Lipinski definition) is 5. The first kappa shape index (κ1) is 18.5. The van der Waals surface area contributed by atoms with Crippen molar-refractivity contribution in [2.24, 2.45) is 0 Å². The van der Waals surface area contributed by atoms with Crippen LogP contribution in [0, 0.1) is 13.8 Å². The number of H-pyrrole nitrogens is 1. The van der Waals surface area contributed by atoms with Crippen molar-refractivity contribution < 1.29 is 4.79 Å². The predicted molar refractivity (Wildman–Crippen MR) is 110 cm³/mol. The molecule has 0 aliphatic carbocycles. The van der Waals surface area contributed by atoms with Crippen LogP contribution in [0.2, 0.25) is 0 Å². The zero-order valence-electron chi connectivity index (χ0n) is 16.0. The molecule has 3 heterocycles. The maximum absolute atomic E-state index is 12.8. The van der Waals surface area contributed by atoms with Crippen molar-refractivity contribution in [1.29, 1.82) is 0 Å². The number of Topliss-reactive ketones (excluding diaryl/α,β-unsaturated/α-hetero) is 1. The summed E-state index contributed by atoms with van der Waals surface area (Å²) in [7, 11) is 0. The molecule has 0 aliphatic rings. The molecule has 0 bridgehead atoms. The Hall–Kier alpha value is -2.87. The van der Waals surface area contributed by atoms with Crippen molar-refractivity contribution in [3.05, 3.63) is 57.6 Å². The van der Waals surface area contributed by atoms with Crippen molar-refractivity contribution in [3.63, 3.8) is 0 Å². The summed E-state index contributed by atoms with van der Waals surface area (Å²) in [6, 6.07) is 9.30. The number of nitrogens with one attached hydrogen (secondary N) is 1. The van der Waals surface area contributed by atoms with Gasteiger partial charge in [-0.2, -0.15) is 0 Å². The van der Waals surface area contributed by atoms with Crippen molar-refractivity contribution in [1.82, 2.24) is 24.1 Å². The molecule has 7 nitrogen and oxygen atoms in total. The van der Waals surface area contributed by atoms with E-state index in [9.17, 15) is 9.59 Å². The van der Waals surface area contributed by atoms with E-state index in [0.29, 0.717) is 28.4 Å². The molecule has 4 rings (SSSR count). The molecule has 1 aromatic carbocycles. The van der Waals surface area contributed by atoms with Crippen LogP contribution in [0.5, 0.6) is 0 Å². The van der Waals surface area contributed by atoms with Crippen LogP contribution in [0.25, 0.3) is 16.7 Å². The highest BCUT2D eigenvalue weighted by molar-refractivity contribution is 7.99. The summed E-state index contributed by atoms with van der Waals surface area (Å²) < 4.78 is 3.53. The molecular weight excluding hydrogens is 374 g/mol. The predicted octanol–water partition coefficient (Wildman–Crippen LogP) is 3.37. The van der Waals surface area contributed by atoms with Crippen molar-refractivity contribution in [2.75, 3.05) is 5.75 Å². The molecule has 0 aliphatic heterocycles. The fraction of sp³-hybridized carbons (Fsp3) is 0.300. The minimum absolute atomic E-state index is 0.0368. The van der Waals surface area contributed by atoms with Gasteiger partial charge in [0, 0.05) is 23.5 Å². The number of rotatable bonds is 6. The van der Waals surface area contributed by atoms with Crippen LogP contribution in [0.15, 0.2) is 40.3 Å². The molecule has 1 N–H and O–H groups in total. The molecule has 8 heteroatoms. The molecule has 0 spiro atoms. The zero-order valence-corrected chi connectivity index (χ0v) is 16.8. The van der Waals surface area contributed by atoms with Gasteiger partial charge in [-0.15, -0.1) is 10.2 Å². The monoisotopic (exact) mass is 395 g/mol. The smallest absolute Gasteiger partial charge is 0.262 e. The zero-order chi connectivity index (χ0) is 19.8. The third kappa shape index (κ3) is 3.03. The Kier molecular flexibility index (Phi) is 4.80. The number of benzene rings is 1. The minimum atomic E-state index is -0.0663. The fourth-order valence-electron chi connectivity index (χ4n) is 3.47. The second-order valence-electron chi connectivity index (χ2n) is 6.79. The highest BCUT2D eigenvalue weighted by Crippen LogP contribution is 2.23. The topological polar surface area (TPSA) is 85.0 Å². The fourth-order valence-corrected chi connectivity index (χ4v) is 4.30. The molecule has 0 radical (unpaired) electrons. The summed E-state index contributed by atoms with van der Waals surface area (Å²) >= 11 is 1.34. The average molecular weight is 395 g/mol. The molecule has 0 saturated heterocycles. The van der Waals surface area contributed by atoms with E-state index >= 15 is 0 Å². The maximum Gasteiger partial charge on any atom is 0.262 e. The first-order chi connectivity index (χ1) is 13.5. The highest BCUT2D eigenvalue weighted by Gasteiger charge is 2.18. The normalized spacial score (nSPS) is 11.5. The average Bonchev–Trinajstić information content (AvgIpc) is 3.26. The standard InChI is InChI=1S/C20H21N5O2S/c1-4-9-24-18(27)14-7-5-6-8-16(14)25-19(24)22-23-20(25)28-11-17(26)15-10-12(2)21-13(15)3/h5-8,10,21H,4,9,11H2,1-3H3. The van der Waals surface area contributed by atoms with Crippen LogP contribution < -0.4 is 5.56 Å². The van der Waals surface area contributed by atoms with Gasteiger partial charge in [-0.3, -0.25) is 18.6 Å². The summed E-state index contributed by atoms with van der Waals surface area (Å²) in [6.45, 7) is 6.41. The number of nitrogens with zero attached hydrogens (tertiary/aromatic N) is 4. The lowest BCUT2D eigenvalue weighted by atomic mass is 10.2. The van der Waals surface area contributed by atoms with Gasteiger partial charge >= 0.3 is 0 Å². The van der Waals surface area contributed by atoms with Crippen LogP contribution in [0.1, 0.15) is 35.1 Å². The van der Waals surface area contributed by atoms with Gasteiger partial charge in [0.15, 0.2) is 10.9 Å². The largest absolute Gasteiger partial charge is 0.362 e. The summed E-state index contributed by atoms with van der Waals surface area (Å²) in [5, 5.41) is 9.76. The molecule has 0 saturated carbocycles. The van der Waals surface area contributed by atoms with E-state index in [4.69, 9.17) is 0 Å². The van der Waals surface area contributed by atoms with Gasteiger partial charge in [-0.25, -0.2) is 0 Å². The lowest BCUT2D eigenvalue weighted by Gasteiger charge is -2.10. The molecule has 144 valence electrons. The maximum atomic E-state index is 12.8. The number of aryl methyl sites for hydroxylation is 3. The number of thioether (sulfide) groups is 1. The molecular formula is C20H21N5O2S. The molecule has 0 amide bonds. The van der Waals surface area contributed by atoms with Gasteiger partial charge in [0.2, 0.25) is 5.78 Å². The number of aromatic nitrogens is 5. The van der Waals surface area contributed by atoms with E-state index in [1.165, 1.54) is 11.8 Å². The Morgan fingerprint density at radius 2 is 2.00 bits per heavy atom. The Bertz CT molecular complexity index is 1250. The summed E-state index contributed by atoms with van der Waals surface area (Å²) in [5.74, 6) is 0.795. The number of carbonyl (C=O) groups is 1. The molecule has 0 unspecified atom stereocenters. The first-order valence-electron chi connectivity index (χ1n) is 9.20. The summed E-state index contributed by atoms with van der Waals surface area (Å²) in [6.07, 6.45) is 0.813. The number of carbonyl (C=O) groups excluding carboxylic acids is 1. The number of ketones is 1. The van der Waals surface area contributed by atoms with Gasteiger partial charge in [-0.05, 0) is 38.5 Å². The lowest BCUT2D eigenvalue weighted by molar-refractivity contribution is 0.102. The summed E-state index contributed by atoms with van der Waals surface area (Å²) in [5.41, 5.74) is 3.23. The van der Waals surface area contributed by atoms with Gasteiger partial charge in [-0.1, -0.05) is 30.8 Å². The van der Waals surface area contributed by atoms with Crippen LogP contribution in [0.3, 0.4) is 0 Å². The third-order valence-electron chi connectivity index (χ3n) is 4.71. The SMILES string of the molecule is CCCn1c(=O)c2ccccc2n2c(SCC(=O)c3cc(C)[nH]c3C)nnc12. The van der Waals surface area contributed by atoms with Crippen molar-refractivity contribution >= 4 is 34.2 Å². The molecule has 28 heavy (non-hydrogen) atoms. The number of hydrogen-bond donors (Lipinski definition) is 1. The molecule has 4 aromatic rings. The second-order valence-corrected chi connectivity index (χ2v) is 7.74. The van der Waals surface area contributed by atoms with Crippen LogP contribution in [-0.2, 0) is 6.54 Å². The van der Waals surface area contributed by atoms with E-state index in [1.54, 1.807) is 4.57 Å². The first-order valence-corrected chi connectivity index (χ1v) is 10.2. The molecule has 0 atom stereocenters. The highest BCUT2D eigenvalue weighted by atomic mass is 32.2. The van der Waals surface area contributed by atoms with E-state index < -0.39 is 0 Å². The lowest BCUT2D eigenvalue weighted by Crippen LogP contribution is -2.23. The van der Waals surface area contributed by atoms with E-state index in [2.05, 4.69) is 15.2 Å². The van der Waals surface area contributed by atoms with Crippen molar-refractivity contribution in [2.45, 2.75) is 38.9 Å². The van der Waals surface area contributed by atoms with Gasteiger partial charge in [0.05, 0.1) is 16.7 Å². The van der Waals surface area contributed by atoms with Crippen molar-refractivity contribution in [3.8, 4) is 0 Å². The third-order valence-corrected chi connectivity index (χ3v) is 5.64. The Labute approximate surface area is 165 Å². The Morgan fingerprint density at radius 3 is 2.71 bits per heavy atom. The van der Waals surface area contributed by atoms with Crippen LogP contribution in [0.4, 0.5) is 0 Å². The number of aromatic amines is 1. The summed E-state index contributed by atoms with van der Waals surface area (Å²) in [4.78, 5) is 28.7. The molecule has 3 aromatic heterocycles. The van der Waals surface area contributed by atoms with Crippen LogP contribution in [-0.4, -0.2) is 35.7 Å². The van der Waals surface area contributed by atoms with E-state index in [-0.39, 0.29) is 17.1 Å². The van der Waals surface area contributed by atoms with E-state index in [1.807, 2.05) is 55.5 Å². The number of fused-ring (bicyclic) bond motifs is 3. The minimum Gasteiger partial charge on any atom is -0.362 e. The number of para-hydroxylation sites is 1. The van der Waals surface area contributed by atoms with E-state index in [0.717, 1.165) is 23.3 Å². The molecule has 0 fully saturated rings. The quantitative estimate of drug-likeness (QED) is 0.400.